The molecule has 9 atom stereocenters. The zero-order valence-electron chi connectivity index (χ0n) is 33.0. The van der Waals surface area contributed by atoms with Crippen LogP contribution in [0.5, 0.6) is 0 Å². The first-order chi connectivity index (χ1) is 29.5. The second kappa shape index (κ2) is 22.3. The van der Waals surface area contributed by atoms with Crippen LogP contribution in [0.25, 0.3) is 11.4 Å². The molecule has 1 aliphatic rings. The molecule has 3 heterocycles. The third kappa shape index (κ3) is 18.1. The van der Waals surface area contributed by atoms with Crippen molar-refractivity contribution < 1.29 is 102 Å². The average molecular weight is 1030 g/mol. The van der Waals surface area contributed by atoms with Crippen molar-refractivity contribution in [3.63, 3.8) is 0 Å². The van der Waals surface area contributed by atoms with E-state index in [1.54, 1.807) is 31.2 Å². The summed E-state index contributed by atoms with van der Waals surface area (Å²) in [6.45, 7) is 1.59. The molecule has 0 radical (unpaired) electrons. The Hall–Kier alpha value is -2.91. The molecule has 0 aliphatic carbocycles. The van der Waals surface area contributed by atoms with E-state index in [0.29, 0.717) is 36.5 Å². The number of ether oxygens (including phenoxy) is 1. The number of H-pyrrole nitrogens is 1. The largest absolute Gasteiger partial charge is 0.490 e. The number of unbranched alkanes of at least 4 members (excludes halogenated alkanes) is 3. The van der Waals surface area contributed by atoms with Crippen LogP contribution >= 0.6 is 46.9 Å². The molecule has 1 fully saturated rings. The van der Waals surface area contributed by atoms with Gasteiger partial charge in [0, 0.05) is 30.3 Å². The fourth-order valence-corrected chi connectivity index (χ4v) is 13.0. The standard InChI is InChI=1S/C27H41N7O24P6/c1-17-15-34(27(38)29-26(17)37)24-14-21(35)22(53-24)16-52-60(41,42)55-62(45,46)57-64(49,50)58-63(47,48)56-61(43,44)54-59(39,40)51-12-6-4-3-5-11-28-23(36)13-19-7-9-20(10-8-19)25-32-30-18(2)31-33-25/h7-10,15,21-22,24,35H,3-6,11-14,16H2,1-2H3,(H,28,36)(H,39,40)(H,41,42)(H,43,44)(H,45,46)(H,47,48)(H,49,50)(H,29,37,38)/t21?,22-,24-/m1/s1. The summed E-state index contributed by atoms with van der Waals surface area (Å²) in [7, 11) is -37.0. The summed E-state index contributed by atoms with van der Waals surface area (Å²) in [5, 5.41) is 28.5. The van der Waals surface area contributed by atoms with Gasteiger partial charge in [0.05, 0.1) is 25.7 Å². The minimum absolute atomic E-state index is 0.0550. The van der Waals surface area contributed by atoms with Gasteiger partial charge in [0.25, 0.3) is 5.56 Å². The summed E-state index contributed by atoms with van der Waals surface area (Å²) < 4.78 is 107. The fraction of sp³-hybridized carbons (Fsp3) is 0.519. The normalized spacial score (nSPS) is 22.2. The Kier molecular flexibility index (Phi) is 18.7. The maximum Gasteiger partial charge on any atom is 0.490 e. The quantitative estimate of drug-likeness (QED) is 0.0430. The van der Waals surface area contributed by atoms with Crippen molar-refractivity contribution in [3.8, 4) is 11.4 Å². The molecule has 2 aromatic heterocycles. The third-order valence-electron chi connectivity index (χ3n) is 7.90. The molecule has 9 N–H and O–H groups in total. The zero-order chi connectivity index (χ0) is 47.7. The van der Waals surface area contributed by atoms with E-state index in [1.807, 2.05) is 4.98 Å². The van der Waals surface area contributed by atoms with Crippen molar-refractivity contribution in [1.29, 1.82) is 0 Å². The van der Waals surface area contributed by atoms with E-state index in [4.69, 9.17) is 4.74 Å². The van der Waals surface area contributed by atoms with Crippen LogP contribution in [-0.2, 0) is 73.9 Å². The zero-order valence-corrected chi connectivity index (χ0v) is 38.3. The van der Waals surface area contributed by atoms with E-state index < -0.39 is 89.8 Å². The first-order valence-corrected chi connectivity index (χ1v) is 26.9. The predicted molar refractivity (Wildman–Crippen MR) is 210 cm³/mol. The highest BCUT2D eigenvalue weighted by molar-refractivity contribution is 7.72. The molecule has 0 spiro atoms. The molecular formula is C27H41N7O24P6. The number of aromatic nitrogens is 6. The van der Waals surface area contributed by atoms with E-state index >= 15 is 0 Å². The number of hydrogen-bond acceptors (Lipinski definition) is 22. The van der Waals surface area contributed by atoms with Gasteiger partial charge in [-0.2, -0.15) is 21.6 Å². The summed E-state index contributed by atoms with van der Waals surface area (Å²) in [5.41, 5.74) is -0.181. The molecule has 31 nitrogen and oxygen atoms in total. The minimum Gasteiger partial charge on any atom is -0.390 e. The lowest BCUT2D eigenvalue weighted by molar-refractivity contribution is -0.120. The maximum absolute atomic E-state index is 12.3. The minimum atomic E-state index is -6.50. The highest BCUT2D eigenvalue weighted by Crippen LogP contribution is 2.75. The van der Waals surface area contributed by atoms with Gasteiger partial charge in [-0.05, 0) is 32.3 Å². The Bertz CT molecular complexity index is 2530. The molecule has 0 saturated carbocycles. The lowest BCUT2D eigenvalue weighted by atomic mass is 10.1. The number of amides is 1. The molecule has 1 saturated heterocycles. The number of carbonyl (C=O) groups is 1. The lowest BCUT2D eigenvalue weighted by Gasteiger charge is -2.21. The Morgan fingerprint density at radius 2 is 1.28 bits per heavy atom. The molecule has 1 aliphatic heterocycles. The Morgan fingerprint density at radius 1 is 0.766 bits per heavy atom. The van der Waals surface area contributed by atoms with Crippen LogP contribution in [-0.4, -0.2) is 102 Å². The van der Waals surface area contributed by atoms with E-state index in [2.05, 4.69) is 56.3 Å². The van der Waals surface area contributed by atoms with Gasteiger partial charge in [-0.25, -0.2) is 32.2 Å². The van der Waals surface area contributed by atoms with Crippen molar-refractivity contribution in [2.24, 2.45) is 0 Å². The fourth-order valence-electron chi connectivity index (χ4n) is 5.17. The first kappa shape index (κ1) is 53.7. The van der Waals surface area contributed by atoms with Crippen LogP contribution in [0.3, 0.4) is 0 Å². The highest BCUT2D eigenvalue weighted by Gasteiger charge is 2.50. The Labute approximate surface area is 359 Å². The molecule has 7 unspecified atom stereocenters. The monoisotopic (exact) mass is 1030 g/mol. The second-order valence-electron chi connectivity index (χ2n) is 13.2. The second-order valence-corrected chi connectivity index (χ2v) is 22.6. The van der Waals surface area contributed by atoms with Gasteiger partial charge in [0.2, 0.25) is 11.7 Å². The third-order valence-corrected chi connectivity index (χ3v) is 17.1. The van der Waals surface area contributed by atoms with Gasteiger partial charge in [0.15, 0.2) is 5.82 Å². The SMILES string of the molecule is Cc1nnc(-c2ccc(CC(=O)NCCCCCCOP(=O)(O)OP(=O)(O)OP(=O)(O)OP(=O)(O)OP(=O)(O)OP(=O)(O)OC[C@H]3O[C@@H](n4cc(C)c(=O)[nH]c4=O)CC3O)cc2)nn1. The molecule has 1 aromatic carbocycles. The number of carbonyl (C=O) groups excluding carboxylic acids is 1. The van der Waals surface area contributed by atoms with E-state index in [1.165, 1.54) is 6.92 Å². The van der Waals surface area contributed by atoms with Gasteiger partial charge in [-0.3, -0.25) is 28.2 Å². The number of aromatic amines is 1. The smallest absolute Gasteiger partial charge is 0.390 e. The molecule has 64 heavy (non-hydrogen) atoms. The van der Waals surface area contributed by atoms with Crippen molar-refractivity contribution in [1.82, 2.24) is 35.3 Å². The molecule has 37 heteroatoms. The van der Waals surface area contributed by atoms with Gasteiger partial charge in [0.1, 0.15) is 12.3 Å². The number of benzene rings is 1. The van der Waals surface area contributed by atoms with Crippen molar-refractivity contribution in [2.75, 3.05) is 19.8 Å². The number of aliphatic hydroxyl groups is 1. The molecule has 1 amide bonds. The number of nitrogens with one attached hydrogen (secondary N) is 2. The summed E-state index contributed by atoms with van der Waals surface area (Å²) in [6, 6.07) is 6.89. The number of aliphatic hydroxyl groups excluding tert-OH is 1. The van der Waals surface area contributed by atoms with Crippen LogP contribution in [0, 0.1) is 13.8 Å². The first-order valence-electron chi connectivity index (χ1n) is 17.9. The predicted octanol–water partition coefficient (Wildman–Crippen LogP) is 1.69. The molecule has 0 bridgehead atoms. The maximum atomic E-state index is 12.3. The topological polar surface area (TPSA) is 453 Å². The number of phosphoric acid groups is 6. The average Bonchev–Trinajstić information content (AvgIpc) is 3.51. The van der Waals surface area contributed by atoms with Gasteiger partial charge in [-0.15, -0.1) is 20.4 Å². The van der Waals surface area contributed by atoms with Crippen LogP contribution in [0.15, 0.2) is 40.1 Å². The summed E-state index contributed by atoms with van der Waals surface area (Å²) in [4.78, 5) is 96.5. The molecular weight excluding hydrogens is 992 g/mol. The van der Waals surface area contributed by atoms with Crippen molar-refractivity contribution in [2.45, 2.75) is 70.8 Å². The number of aryl methyl sites for hydroxylation is 2. The molecule has 4 rings (SSSR count). The van der Waals surface area contributed by atoms with Crippen LogP contribution in [0.2, 0.25) is 0 Å². The summed E-state index contributed by atoms with van der Waals surface area (Å²) in [5.74, 6) is 0.482. The van der Waals surface area contributed by atoms with E-state index in [-0.39, 0.29) is 37.3 Å². The van der Waals surface area contributed by atoms with E-state index in [9.17, 15) is 76.2 Å². The van der Waals surface area contributed by atoms with E-state index in [0.717, 1.165) is 16.3 Å². The van der Waals surface area contributed by atoms with Gasteiger partial charge in [-0.1, -0.05) is 37.1 Å². The molecule has 358 valence electrons. The number of nitrogens with zero attached hydrogens (tertiary/aromatic N) is 5. The number of rotatable bonds is 25. The van der Waals surface area contributed by atoms with Crippen molar-refractivity contribution >= 4 is 52.8 Å². The van der Waals surface area contributed by atoms with Crippen molar-refractivity contribution in [3.05, 3.63) is 68.3 Å². The van der Waals surface area contributed by atoms with Gasteiger partial charge < -0.3 is 44.5 Å². The van der Waals surface area contributed by atoms with Crippen LogP contribution in [0.1, 0.15) is 55.3 Å². The van der Waals surface area contributed by atoms with Crippen LogP contribution < -0.4 is 16.6 Å². The van der Waals surface area contributed by atoms with Gasteiger partial charge >= 0.3 is 52.6 Å². The number of phosphoric ester groups is 2. The highest BCUT2D eigenvalue weighted by atomic mass is 31.3. The summed E-state index contributed by atoms with van der Waals surface area (Å²) >= 11 is 0. The number of hydrogen-bond donors (Lipinski definition) is 9. The summed E-state index contributed by atoms with van der Waals surface area (Å²) in [6.07, 6.45) is -2.05. The molecule has 3 aromatic rings. The lowest BCUT2D eigenvalue weighted by Crippen LogP contribution is -2.33. The van der Waals surface area contributed by atoms with Crippen LogP contribution in [0.4, 0.5) is 0 Å². The Balaban J connectivity index is 1.13. The Morgan fingerprint density at radius 3 is 1.84 bits per heavy atom.